The molecule has 0 saturated heterocycles. The summed E-state index contributed by atoms with van der Waals surface area (Å²) >= 11 is 0. The molecule has 0 rings (SSSR count). The number of rotatable bonds is 7. The number of nitrogens with zero attached hydrogens (tertiary/aromatic N) is 1. The van der Waals surface area contributed by atoms with Gasteiger partial charge in [-0.25, -0.2) is 0 Å². The van der Waals surface area contributed by atoms with Gasteiger partial charge in [0, 0.05) is 13.1 Å². The molecule has 3 nitrogen and oxygen atoms in total. The molecule has 0 aliphatic heterocycles. The lowest BCUT2D eigenvalue weighted by atomic mass is 9.96. The van der Waals surface area contributed by atoms with Crippen LogP contribution in [0.4, 0.5) is 0 Å². The summed E-state index contributed by atoms with van der Waals surface area (Å²) < 4.78 is 0. The lowest BCUT2D eigenvalue weighted by molar-refractivity contribution is -0.135. The number of amides is 1. The van der Waals surface area contributed by atoms with Crippen LogP contribution in [0.3, 0.4) is 0 Å². The van der Waals surface area contributed by atoms with Gasteiger partial charge in [-0.15, -0.1) is 6.42 Å². The van der Waals surface area contributed by atoms with Gasteiger partial charge < -0.3 is 10.6 Å². The molecule has 0 aromatic rings. The molecule has 0 aliphatic carbocycles. The van der Waals surface area contributed by atoms with Crippen LogP contribution in [0.2, 0.25) is 0 Å². The van der Waals surface area contributed by atoms with E-state index >= 15 is 0 Å². The van der Waals surface area contributed by atoms with Crippen LogP contribution >= 0.6 is 0 Å². The first-order valence-corrected chi connectivity index (χ1v) is 5.99. The van der Waals surface area contributed by atoms with E-state index in [2.05, 4.69) is 19.8 Å². The van der Waals surface area contributed by atoms with Crippen LogP contribution < -0.4 is 5.73 Å². The number of hydrogen-bond acceptors (Lipinski definition) is 2. The Morgan fingerprint density at radius 3 is 2.50 bits per heavy atom. The molecule has 1 amide bonds. The molecule has 2 N–H and O–H groups in total. The van der Waals surface area contributed by atoms with Gasteiger partial charge in [-0.2, -0.15) is 0 Å². The van der Waals surface area contributed by atoms with Crippen molar-refractivity contribution in [1.82, 2.24) is 4.90 Å². The van der Waals surface area contributed by atoms with E-state index in [0.29, 0.717) is 19.0 Å². The van der Waals surface area contributed by atoms with Crippen LogP contribution in [0.1, 0.15) is 33.6 Å². The Bertz CT molecular complexity index is 243. The van der Waals surface area contributed by atoms with Crippen LogP contribution in [-0.2, 0) is 4.79 Å². The number of carbonyl (C=O) groups is 1. The second kappa shape index (κ2) is 8.18. The van der Waals surface area contributed by atoms with E-state index in [4.69, 9.17) is 12.2 Å². The molecule has 0 fully saturated rings. The van der Waals surface area contributed by atoms with Gasteiger partial charge >= 0.3 is 0 Å². The van der Waals surface area contributed by atoms with E-state index < -0.39 is 0 Å². The third-order valence-corrected chi connectivity index (χ3v) is 2.48. The third-order valence-electron chi connectivity index (χ3n) is 2.48. The molecule has 0 heterocycles. The third kappa shape index (κ3) is 5.18. The van der Waals surface area contributed by atoms with Crippen molar-refractivity contribution in [3.8, 4) is 12.3 Å². The van der Waals surface area contributed by atoms with Gasteiger partial charge in [0.25, 0.3) is 0 Å². The molecular formula is C13H24N2O. The van der Waals surface area contributed by atoms with E-state index in [-0.39, 0.29) is 11.8 Å². The zero-order valence-corrected chi connectivity index (χ0v) is 10.7. The highest BCUT2D eigenvalue weighted by Crippen LogP contribution is 2.13. The summed E-state index contributed by atoms with van der Waals surface area (Å²) in [5.74, 6) is 3.03. The Balaban J connectivity index is 4.48. The van der Waals surface area contributed by atoms with E-state index in [1.54, 1.807) is 4.90 Å². The van der Waals surface area contributed by atoms with Gasteiger partial charge in [0.1, 0.15) is 0 Å². The number of terminal acetylenes is 1. The Labute approximate surface area is 99.4 Å². The molecule has 0 aromatic heterocycles. The molecule has 0 radical (unpaired) electrons. The first-order chi connectivity index (χ1) is 7.56. The van der Waals surface area contributed by atoms with Crippen LogP contribution in [0, 0.1) is 24.2 Å². The SMILES string of the molecule is C#CCN(CCC)C(=O)C(CN)CC(C)C. The fourth-order valence-corrected chi connectivity index (χ4v) is 1.77. The summed E-state index contributed by atoms with van der Waals surface area (Å²) in [6, 6.07) is 0. The number of nitrogens with two attached hydrogens (primary N) is 1. The molecule has 0 aromatic carbocycles. The van der Waals surface area contributed by atoms with E-state index in [1.807, 2.05) is 6.92 Å². The van der Waals surface area contributed by atoms with Crippen LogP contribution in [0.15, 0.2) is 0 Å². The maximum absolute atomic E-state index is 12.1. The summed E-state index contributed by atoms with van der Waals surface area (Å²) in [6.07, 6.45) is 7.02. The molecule has 0 bridgehead atoms. The lowest BCUT2D eigenvalue weighted by Crippen LogP contribution is -2.40. The number of carbonyl (C=O) groups excluding carboxylic acids is 1. The molecule has 92 valence electrons. The summed E-state index contributed by atoms with van der Waals surface area (Å²) in [6.45, 7) is 7.75. The maximum atomic E-state index is 12.1. The molecule has 0 saturated carbocycles. The van der Waals surface area contributed by atoms with Crippen molar-refractivity contribution < 1.29 is 4.79 Å². The highest BCUT2D eigenvalue weighted by molar-refractivity contribution is 5.79. The molecular weight excluding hydrogens is 200 g/mol. The fraction of sp³-hybridized carbons (Fsp3) is 0.769. The van der Waals surface area contributed by atoms with Crippen molar-refractivity contribution >= 4 is 5.91 Å². The minimum absolute atomic E-state index is 0.0834. The second-order valence-electron chi connectivity index (χ2n) is 4.53. The van der Waals surface area contributed by atoms with E-state index in [0.717, 1.165) is 19.4 Å². The predicted octanol–water partition coefficient (Wildman–Crippen LogP) is 1.48. The van der Waals surface area contributed by atoms with Crippen molar-refractivity contribution in [2.45, 2.75) is 33.6 Å². The van der Waals surface area contributed by atoms with Crippen LogP contribution in [0.25, 0.3) is 0 Å². The average molecular weight is 224 g/mol. The normalized spacial score (nSPS) is 12.2. The minimum Gasteiger partial charge on any atom is -0.331 e. The zero-order valence-electron chi connectivity index (χ0n) is 10.7. The van der Waals surface area contributed by atoms with Gasteiger partial charge in [0.15, 0.2) is 0 Å². The summed E-state index contributed by atoms with van der Waals surface area (Å²) in [5, 5.41) is 0. The van der Waals surface area contributed by atoms with Gasteiger partial charge in [-0.1, -0.05) is 26.7 Å². The Kier molecular flexibility index (Phi) is 7.66. The predicted molar refractivity (Wildman–Crippen MR) is 67.7 cm³/mol. The molecule has 1 unspecified atom stereocenters. The largest absolute Gasteiger partial charge is 0.331 e. The molecule has 1 atom stereocenters. The molecule has 0 aliphatic rings. The smallest absolute Gasteiger partial charge is 0.227 e. The average Bonchev–Trinajstić information content (AvgIpc) is 2.24. The van der Waals surface area contributed by atoms with Gasteiger partial charge in [0.2, 0.25) is 5.91 Å². The quantitative estimate of drug-likeness (QED) is 0.666. The van der Waals surface area contributed by atoms with Crippen LogP contribution in [-0.4, -0.2) is 30.4 Å². The standard InChI is InChI=1S/C13H24N2O/c1-5-7-15(8-6-2)13(16)12(10-14)9-11(3)4/h1,11-12H,6-10,14H2,2-4H3. The van der Waals surface area contributed by atoms with Gasteiger partial charge in [-0.3, -0.25) is 4.79 Å². The van der Waals surface area contributed by atoms with E-state index in [9.17, 15) is 4.79 Å². The van der Waals surface area contributed by atoms with Gasteiger partial charge in [0.05, 0.1) is 12.5 Å². The minimum atomic E-state index is -0.0834. The first kappa shape index (κ1) is 15.0. The summed E-state index contributed by atoms with van der Waals surface area (Å²) in [4.78, 5) is 13.9. The second-order valence-corrected chi connectivity index (χ2v) is 4.53. The van der Waals surface area contributed by atoms with Crippen molar-refractivity contribution in [3.05, 3.63) is 0 Å². The number of hydrogen-bond donors (Lipinski definition) is 1. The highest BCUT2D eigenvalue weighted by atomic mass is 16.2. The van der Waals surface area contributed by atoms with Crippen molar-refractivity contribution in [3.63, 3.8) is 0 Å². The molecule has 0 spiro atoms. The monoisotopic (exact) mass is 224 g/mol. The molecule has 3 heteroatoms. The van der Waals surface area contributed by atoms with Crippen molar-refractivity contribution in [1.29, 1.82) is 0 Å². The summed E-state index contributed by atoms with van der Waals surface area (Å²) in [7, 11) is 0. The topological polar surface area (TPSA) is 46.3 Å². The van der Waals surface area contributed by atoms with Crippen molar-refractivity contribution in [2.75, 3.05) is 19.6 Å². The fourth-order valence-electron chi connectivity index (χ4n) is 1.77. The summed E-state index contributed by atoms with van der Waals surface area (Å²) in [5.41, 5.74) is 5.65. The Morgan fingerprint density at radius 2 is 2.12 bits per heavy atom. The van der Waals surface area contributed by atoms with Crippen LogP contribution in [0.5, 0.6) is 0 Å². The van der Waals surface area contributed by atoms with Gasteiger partial charge in [-0.05, 0) is 18.8 Å². The Morgan fingerprint density at radius 1 is 1.50 bits per heavy atom. The Hall–Kier alpha value is -1.01. The highest BCUT2D eigenvalue weighted by Gasteiger charge is 2.22. The zero-order chi connectivity index (χ0) is 12.6. The first-order valence-electron chi connectivity index (χ1n) is 5.99. The molecule has 16 heavy (non-hydrogen) atoms. The van der Waals surface area contributed by atoms with E-state index in [1.165, 1.54) is 0 Å². The lowest BCUT2D eigenvalue weighted by Gasteiger charge is -2.25. The van der Waals surface area contributed by atoms with Crippen molar-refractivity contribution in [2.24, 2.45) is 17.6 Å². The maximum Gasteiger partial charge on any atom is 0.227 e.